The first-order chi connectivity index (χ1) is 13.4. The molecule has 0 spiro atoms. The van der Waals surface area contributed by atoms with Crippen LogP contribution >= 0.6 is 11.6 Å². The van der Waals surface area contributed by atoms with Gasteiger partial charge in [0.05, 0.1) is 16.5 Å². The normalized spacial score (nSPS) is 12.3. The molecule has 2 rings (SSSR count). The van der Waals surface area contributed by atoms with E-state index in [1.165, 1.54) is 64.4 Å². The third-order valence-corrected chi connectivity index (χ3v) is 5.75. The van der Waals surface area contributed by atoms with Gasteiger partial charge in [-0.05, 0) is 47.5 Å². The molecule has 0 amide bonds. The summed E-state index contributed by atoms with van der Waals surface area (Å²) < 4.78 is 40.9. The Bertz CT molecular complexity index is 1040. The third kappa shape index (κ3) is 5.64. The van der Waals surface area contributed by atoms with Crippen molar-refractivity contribution in [1.82, 2.24) is 4.31 Å². The lowest BCUT2D eigenvalue weighted by Crippen LogP contribution is -2.32. The fraction of sp³-hybridized carbons (Fsp3) is 0.0952. The van der Waals surface area contributed by atoms with Gasteiger partial charge in [0.25, 0.3) is 0 Å². The summed E-state index contributed by atoms with van der Waals surface area (Å²) in [4.78, 5) is 0.00136. The van der Waals surface area contributed by atoms with Crippen LogP contribution < -0.4 is 0 Å². The molecule has 0 saturated carbocycles. The first-order valence-corrected chi connectivity index (χ1v) is 10.1. The molecule has 28 heavy (non-hydrogen) atoms. The second-order valence-electron chi connectivity index (χ2n) is 5.81. The molecular weight excluding hydrogens is 399 g/mol. The number of benzene rings is 2. The average molecular weight is 417 g/mol. The molecule has 0 saturated heterocycles. The Hall–Kier alpha value is -2.72. The third-order valence-electron chi connectivity index (χ3n) is 3.84. The van der Waals surface area contributed by atoms with Crippen molar-refractivity contribution < 1.29 is 12.8 Å². The van der Waals surface area contributed by atoms with Crippen molar-refractivity contribution in [3.05, 3.63) is 101 Å². The molecule has 0 N–H and O–H groups in total. The molecule has 0 aliphatic rings. The molecule has 0 radical (unpaired) electrons. The second kappa shape index (κ2) is 10.00. The molecule has 2 aromatic rings. The van der Waals surface area contributed by atoms with Crippen LogP contribution in [0.25, 0.3) is 0 Å². The topological polar surface area (TPSA) is 61.2 Å². The molecule has 0 aliphatic heterocycles. The van der Waals surface area contributed by atoms with E-state index < -0.39 is 15.8 Å². The van der Waals surface area contributed by atoms with Crippen LogP contribution in [0.4, 0.5) is 4.39 Å². The van der Waals surface area contributed by atoms with E-state index in [1.807, 2.05) is 6.07 Å². The summed E-state index contributed by atoms with van der Waals surface area (Å²) in [5.41, 5.74) is 2.76. The number of nitrogens with zero attached hydrogens (tertiary/aromatic N) is 2. The highest BCUT2D eigenvalue weighted by Crippen LogP contribution is 2.21. The molecule has 0 aromatic heterocycles. The van der Waals surface area contributed by atoms with Crippen molar-refractivity contribution >= 4 is 21.6 Å². The van der Waals surface area contributed by atoms with Gasteiger partial charge in [0.15, 0.2) is 0 Å². The predicted octanol–water partition coefficient (Wildman–Crippen LogP) is 4.75. The molecule has 0 unspecified atom stereocenters. The molecule has 0 heterocycles. The van der Waals surface area contributed by atoms with Crippen molar-refractivity contribution in [3.8, 4) is 6.07 Å². The Labute approximate surface area is 169 Å². The van der Waals surface area contributed by atoms with Gasteiger partial charge in [0.1, 0.15) is 5.82 Å². The van der Waals surface area contributed by atoms with Gasteiger partial charge in [-0.15, -0.1) is 0 Å². The summed E-state index contributed by atoms with van der Waals surface area (Å²) in [6.07, 6.45) is 4.76. The molecule has 4 nitrogen and oxygen atoms in total. The Morgan fingerprint density at radius 3 is 2.57 bits per heavy atom. The van der Waals surface area contributed by atoms with E-state index in [1.54, 1.807) is 12.2 Å². The van der Waals surface area contributed by atoms with Crippen molar-refractivity contribution in [2.24, 2.45) is 0 Å². The Kier molecular flexibility index (Phi) is 7.70. The van der Waals surface area contributed by atoms with Crippen LogP contribution in [0.3, 0.4) is 0 Å². The van der Waals surface area contributed by atoms with Crippen LogP contribution in [0.15, 0.2) is 89.3 Å². The van der Waals surface area contributed by atoms with Gasteiger partial charge >= 0.3 is 0 Å². The van der Waals surface area contributed by atoms with Gasteiger partial charge in [-0.25, -0.2) is 12.8 Å². The number of allylic oxidation sites excluding steroid dienone is 2. The highest BCUT2D eigenvalue weighted by molar-refractivity contribution is 7.89. The molecule has 2 aromatic carbocycles. The van der Waals surface area contributed by atoms with Gasteiger partial charge in [-0.2, -0.15) is 9.57 Å². The average Bonchev–Trinajstić information content (AvgIpc) is 2.69. The summed E-state index contributed by atoms with van der Waals surface area (Å²) in [5.74, 6) is -0.405. The molecule has 144 valence electrons. The minimum absolute atomic E-state index is 0.00136. The number of rotatable bonds is 8. The first kappa shape index (κ1) is 21.6. The van der Waals surface area contributed by atoms with Gasteiger partial charge in [0.2, 0.25) is 10.0 Å². The van der Waals surface area contributed by atoms with Crippen molar-refractivity contribution in [3.63, 3.8) is 0 Å². The van der Waals surface area contributed by atoms with Crippen LogP contribution in [0, 0.1) is 17.1 Å². The number of sulfonamides is 1. The van der Waals surface area contributed by atoms with Crippen LogP contribution in [-0.2, 0) is 16.6 Å². The zero-order valence-electron chi connectivity index (χ0n) is 14.9. The molecular formula is C21H18ClFN2O2S. The monoisotopic (exact) mass is 416 g/mol. The zero-order valence-corrected chi connectivity index (χ0v) is 16.5. The lowest BCUT2D eigenvalue weighted by Gasteiger charge is -2.23. The highest BCUT2D eigenvalue weighted by Gasteiger charge is 2.25. The molecule has 0 bridgehead atoms. The van der Waals surface area contributed by atoms with Gasteiger partial charge in [-0.1, -0.05) is 48.5 Å². The van der Waals surface area contributed by atoms with Crippen molar-refractivity contribution in [2.45, 2.75) is 11.4 Å². The van der Waals surface area contributed by atoms with Gasteiger partial charge < -0.3 is 0 Å². The summed E-state index contributed by atoms with van der Waals surface area (Å²) in [7, 11) is -3.94. The Balaban J connectivity index is 2.48. The summed E-state index contributed by atoms with van der Waals surface area (Å²) in [6, 6.07) is 13.3. The first-order valence-electron chi connectivity index (χ1n) is 8.24. The standard InChI is InChI=1S/C21H18ClFN2O2S/c1-2-4-17(11-12-22)15-25(16-18-7-9-20(23)10-8-18)28(26,27)21-6-3-5-19(13-21)14-24/h2-13H,1,15-16H2/b12-11+,17-4+. The van der Waals surface area contributed by atoms with Crippen LogP contribution in [-0.4, -0.2) is 19.3 Å². The summed E-state index contributed by atoms with van der Waals surface area (Å²) in [5, 5.41) is 9.08. The fourth-order valence-electron chi connectivity index (χ4n) is 2.49. The Morgan fingerprint density at radius 2 is 1.96 bits per heavy atom. The van der Waals surface area contributed by atoms with Crippen LogP contribution in [0.5, 0.6) is 0 Å². The minimum atomic E-state index is -3.94. The van der Waals surface area contributed by atoms with Gasteiger partial charge in [-0.3, -0.25) is 0 Å². The Morgan fingerprint density at radius 1 is 1.25 bits per heavy atom. The number of hydrogen-bond donors (Lipinski definition) is 0. The number of halogens is 2. The maximum absolute atomic E-state index is 13.2. The predicted molar refractivity (Wildman–Crippen MR) is 108 cm³/mol. The smallest absolute Gasteiger partial charge is 0.207 e. The number of hydrogen-bond acceptors (Lipinski definition) is 3. The highest BCUT2D eigenvalue weighted by atomic mass is 35.5. The molecule has 7 heteroatoms. The SMILES string of the molecule is C=C/C=C(\C=C\Cl)CN(Cc1ccc(F)cc1)S(=O)(=O)c1cccc(C#N)c1. The lowest BCUT2D eigenvalue weighted by atomic mass is 10.2. The van der Waals surface area contributed by atoms with Crippen molar-refractivity contribution in [2.75, 3.05) is 6.54 Å². The lowest BCUT2D eigenvalue weighted by molar-refractivity contribution is 0.433. The van der Waals surface area contributed by atoms with E-state index >= 15 is 0 Å². The van der Waals surface area contributed by atoms with E-state index in [4.69, 9.17) is 16.9 Å². The van der Waals surface area contributed by atoms with E-state index in [0.717, 1.165) is 0 Å². The molecule has 0 fully saturated rings. The van der Waals surface area contributed by atoms with E-state index in [2.05, 4.69) is 6.58 Å². The second-order valence-corrected chi connectivity index (χ2v) is 8.00. The van der Waals surface area contributed by atoms with Crippen LogP contribution in [0.1, 0.15) is 11.1 Å². The van der Waals surface area contributed by atoms with E-state index in [0.29, 0.717) is 11.1 Å². The van der Waals surface area contributed by atoms with E-state index in [9.17, 15) is 12.8 Å². The van der Waals surface area contributed by atoms with E-state index in [-0.39, 0.29) is 23.5 Å². The number of nitriles is 1. The summed E-state index contributed by atoms with van der Waals surface area (Å²) >= 11 is 5.66. The maximum atomic E-state index is 13.2. The van der Waals surface area contributed by atoms with Crippen molar-refractivity contribution in [1.29, 1.82) is 5.26 Å². The minimum Gasteiger partial charge on any atom is -0.207 e. The van der Waals surface area contributed by atoms with Gasteiger partial charge in [0, 0.05) is 18.6 Å². The molecule has 0 aliphatic carbocycles. The quantitative estimate of drug-likeness (QED) is 0.583. The molecule has 0 atom stereocenters. The largest absolute Gasteiger partial charge is 0.243 e. The summed E-state index contributed by atoms with van der Waals surface area (Å²) in [6.45, 7) is 3.67. The van der Waals surface area contributed by atoms with Crippen LogP contribution in [0.2, 0.25) is 0 Å². The zero-order chi connectivity index (χ0) is 20.6. The fourth-order valence-corrected chi connectivity index (χ4v) is 4.12. The maximum Gasteiger partial charge on any atom is 0.243 e.